The number of carbonyl (C=O) groups excluding carboxylic acids is 1. The fourth-order valence-corrected chi connectivity index (χ4v) is 2.99. The minimum absolute atomic E-state index is 0.304. The monoisotopic (exact) mass is 281 g/mol. The van der Waals surface area contributed by atoms with Crippen molar-refractivity contribution in [3.05, 3.63) is 0 Å². The van der Waals surface area contributed by atoms with Crippen molar-refractivity contribution in [3.8, 4) is 0 Å². The molecule has 0 aromatic heterocycles. The third-order valence-electron chi connectivity index (χ3n) is 4.55. The molecule has 0 aromatic rings. The summed E-state index contributed by atoms with van der Waals surface area (Å²) in [4.78, 5) is 14.7. The lowest BCUT2D eigenvalue weighted by atomic mass is 9.81. The first-order chi connectivity index (χ1) is 9.38. The highest BCUT2D eigenvalue weighted by atomic mass is 16.1. The summed E-state index contributed by atoms with van der Waals surface area (Å²) in [6.07, 6.45) is 5.52. The van der Waals surface area contributed by atoms with E-state index in [4.69, 9.17) is 0 Å². The molecule has 0 heterocycles. The van der Waals surface area contributed by atoms with Gasteiger partial charge in [0.2, 0.25) is 0 Å². The summed E-state index contributed by atoms with van der Waals surface area (Å²) in [6, 6.07) is 0. The lowest BCUT2D eigenvalue weighted by molar-refractivity contribution is -0.126. The number of ketones is 1. The van der Waals surface area contributed by atoms with Gasteiger partial charge in [-0.15, -0.1) is 0 Å². The molecule has 0 saturated heterocycles. The van der Waals surface area contributed by atoms with Crippen LogP contribution in [0.25, 0.3) is 0 Å². The van der Waals surface area contributed by atoms with Gasteiger partial charge in [-0.05, 0) is 56.5 Å². The minimum Gasteiger partial charge on any atom is -0.303 e. The van der Waals surface area contributed by atoms with Gasteiger partial charge in [0.25, 0.3) is 0 Å². The largest absolute Gasteiger partial charge is 0.303 e. The van der Waals surface area contributed by atoms with E-state index < -0.39 is 0 Å². The topological polar surface area (TPSA) is 20.3 Å². The second-order valence-corrected chi connectivity index (χ2v) is 7.71. The lowest BCUT2D eigenvalue weighted by Crippen LogP contribution is -2.38. The average molecular weight is 281 g/mol. The Morgan fingerprint density at radius 2 is 1.65 bits per heavy atom. The van der Waals surface area contributed by atoms with E-state index in [1.807, 2.05) is 0 Å². The van der Waals surface area contributed by atoms with Crippen molar-refractivity contribution in [2.45, 2.75) is 66.7 Å². The third-order valence-corrected chi connectivity index (χ3v) is 4.55. The summed E-state index contributed by atoms with van der Waals surface area (Å²) >= 11 is 0. The van der Waals surface area contributed by atoms with E-state index in [9.17, 15) is 4.79 Å². The number of hydrogen-bond acceptors (Lipinski definition) is 2. The SMILES string of the molecule is CC(C)CCN(CCC(C)C)CC1CC(C)CCC1=O. The zero-order valence-corrected chi connectivity index (χ0v) is 14.3. The van der Waals surface area contributed by atoms with Crippen LogP contribution in [-0.2, 0) is 4.79 Å². The molecule has 2 heteroatoms. The second kappa shape index (κ2) is 8.81. The van der Waals surface area contributed by atoms with Crippen molar-refractivity contribution in [1.82, 2.24) is 4.90 Å². The first-order valence-electron chi connectivity index (χ1n) is 8.63. The fraction of sp³-hybridized carbons (Fsp3) is 0.944. The van der Waals surface area contributed by atoms with E-state index in [1.54, 1.807) is 0 Å². The quantitative estimate of drug-likeness (QED) is 0.658. The Labute approximate surface area is 126 Å². The fourth-order valence-electron chi connectivity index (χ4n) is 2.99. The molecule has 0 bridgehead atoms. The lowest BCUT2D eigenvalue weighted by Gasteiger charge is -2.32. The first kappa shape index (κ1) is 17.7. The van der Waals surface area contributed by atoms with Crippen LogP contribution in [0.2, 0.25) is 0 Å². The molecular weight excluding hydrogens is 246 g/mol. The molecule has 1 aliphatic rings. The molecule has 118 valence electrons. The molecule has 1 aliphatic carbocycles. The van der Waals surface area contributed by atoms with Crippen LogP contribution in [0.3, 0.4) is 0 Å². The van der Waals surface area contributed by atoms with Crippen molar-refractivity contribution < 1.29 is 4.79 Å². The Hall–Kier alpha value is -0.370. The zero-order valence-electron chi connectivity index (χ0n) is 14.3. The van der Waals surface area contributed by atoms with Crippen molar-refractivity contribution >= 4 is 5.78 Å². The van der Waals surface area contributed by atoms with Gasteiger partial charge in [-0.25, -0.2) is 0 Å². The van der Waals surface area contributed by atoms with Crippen LogP contribution in [0.1, 0.15) is 66.7 Å². The average Bonchev–Trinajstić information content (AvgIpc) is 2.36. The molecule has 2 atom stereocenters. The highest BCUT2D eigenvalue weighted by Gasteiger charge is 2.27. The van der Waals surface area contributed by atoms with Gasteiger partial charge in [0.15, 0.2) is 0 Å². The number of Topliss-reactive ketones (excluding diaryl/α,β-unsaturated/α-hetero) is 1. The van der Waals surface area contributed by atoms with Crippen molar-refractivity contribution in [2.75, 3.05) is 19.6 Å². The Morgan fingerprint density at radius 3 is 2.15 bits per heavy atom. The van der Waals surface area contributed by atoms with Crippen LogP contribution >= 0.6 is 0 Å². The number of hydrogen-bond donors (Lipinski definition) is 0. The molecule has 1 saturated carbocycles. The summed E-state index contributed by atoms with van der Waals surface area (Å²) in [5.74, 6) is 3.05. The van der Waals surface area contributed by atoms with Gasteiger partial charge in [0, 0.05) is 18.9 Å². The summed E-state index contributed by atoms with van der Waals surface area (Å²) in [5, 5.41) is 0. The van der Waals surface area contributed by atoms with E-state index in [0.29, 0.717) is 11.7 Å². The molecule has 2 unspecified atom stereocenters. The smallest absolute Gasteiger partial charge is 0.137 e. The molecule has 0 amide bonds. The van der Waals surface area contributed by atoms with Gasteiger partial charge in [-0.1, -0.05) is 34.6 Å². The van der Waals surface area contributed by atoms with Crippen LogP contribution in [0.15, 0.2) is 0 Å². The maximum absolute atomic E-state index is 12.1. The van der Waals surface area contributed by atoms with Crippen LogP contribution < -0.4 is 0 Å². The Bertz CT molecular complexity index is 273. The van der Waals surface area contributed by atoms with Gasteiger partial charge in [-0.3, -0.25) is 4.79 Å². The van der Waals surface area contributed by atoms with E-state index in [0.717, 1.165) is 56.7 Å². The number of rotatable bonds is 8. The Morgan fingerprint density at radius 1 is 1.10 bits per heavy atom. The maximum atomic E-state index is 12.1. The summed E-state index contributed by atoms with van der Waals surface area (Å²) in [6.45, 7) is 14.8. The number of nitrogens with zero attached hydrogens (tertiary/aromatic N) is 1. The Balaban J connectivity index is 2.50. The highest BCUT2D eigenvalue weighted by Crippen LogP contribution is 2.27. The van der Waals surface area contributed by atoms with Crippen LogP contribution in [0.4, 0.5) is 0 Å². The zero-order chi connectivity index (χ0) is 15.1. The van der Waals surface area contributed by atoms with E-state index in [-0.39, 0.29) is 0 Å². The number of carbonyl (C=O) groups is 1. The first-order valence-corrected chi connectivity index (χ1v) is 8.63. The van der Waals surface area contributed by atoms with Crippen molar-refractivity contribution in [2.24, 2.45) is 23.7 Å². The van der Waals surface area contributed by atoms with Gasteiger partial charge in [0.1, 0.15) is 5.78 Å². The molecule has 1 rings (SSSR count). The van der Waals surface area contributed by atoms with Gasteiger partial charge >= 0.3 is 0 Å². The van der Waals surface area contributed by atoms with Crippen LogP contribution in [0.5, 0.6) is 0 Å². The molecule has 0 N–H and O–H groups in total. The Kier molecular flexibility index (Phi) is 7.79. The predicted molar refractivity (Wildman–Crippen MR) is 86.9 cm³/mol. The molecule has 0 spiro atoms. The van der Waals surface area contributed by atoms with E-state index in [1.165, 1.54) is 12.8 Å². The van der Waals surface area contributed by atoms with Crippen LogP contribution in [0, 0.1) is 23.7 Å². The summed E-state index contributed by atoms with van der Waals surface area (Å²) < 4.78 is 0. The molecule has 0 radical (unpaired) electrons. The van der Waals surface area contributed by atoms with Gasteiger partial charge in [-0.2, -0.15) is 0 Å². The van der Waals surface area contributed by atoms with Crippen molar-refractivity contribution in [1.29, 1.82) is 0 Å². The van der Waals surface area contributed by atoms with Crippen molar-refractivity contribution in [3.63, 3.8) is 0 Å². The summed E-state index contributed by atoms with van der Waals surface area (Å²) in [7, 11) is 0. The summed E-state index contributed by atoms with van der Waals surface area (Å²) in [5.41, 5.74) is 0. The second-order valence-electron chi connectivity index (χ2n) is 7.71. The van der Waals surface area contributed by atoms with Crippen LogP contribution in [-0.4, -0.2) is 30.3 Å². The molecule has 1 fully saturated rings. The van der Waals surface area contributed by atoms with E-state index in [2.05, 4.69) is 39.5 Å². The normalized spacial score (nSPS) is 24.1. The molecule has 20 heavy (non-hydrogen) atoms. The minimum atomic E-state index is 0.304. The molecular formula is C18H35NO. The van der Waals surface area contributed by atoms with E-state index >= 15 is 0 Å². The third kappa shape index (κ3) is 6.88. The standard InChI is InChI=1S/C18H35NO/c1-14(2)8-10-19(11-9-15(3)4)13-17-12-16(5)6-7-18(17)20/h14-17H,6-13H2,1-5H3. The molecule has 2 nitrogen and oxygen atoms in total. The van der Waals surface area contributed by atoms with Gasteiger partial charge < -0.3 is 4.90 Å². The maximum Gasteiger partial charge on any atom is 0.137 e. The molecule has 0 aliphatic heterocycles. The predicted octanol–water partition coefficient (Wildman–Crippen LogP) is 4.39. The highest BCUT2D eigenvalue weighted by molar-refractivity contribution is 5.81. The molecule has 0 aromatic carbocycles. The van der Waals surface area contributed by atoms with Gasteiger partial charge in [0.05, 0.1) is 0 Å².